The molecular formula is C24H17Br2FN2O2. The maximum absolute atomic E-state index is 13.8. The molecule has 3 rings (SSSR count). The fourth-order valence-corrected chi connectivity index (χ4v) is 4.28. The summed E-state index contributed by atoms with van der Waals surface area (Å²) in [6.45, 7) is 2.41. The molecule has 4 nitrogen and oxygen atoms in total. The zero-order chi connectivity index (χ0) is 22.4. The van der Waals surface area contributed by atoms with Crippen molar-refractivity contribution in [3.63, 3.8) is 0 Å². The van der Waals surface area contributed by atoms with Crippen molar-refractivity contribution < 1.29 is 13.9 Å². The van der Waals surface area contributed by atoms with Crippen LogP contribution in [0.4, 0.5) is 10.1 Å². The van der Waals surface area contributed by atoms with E-state index in [2.05, 4.69) is 37.2 Å². The van der Waals surface area contributed by atoms with Crippen molar-refractivity contribution in [3.05, 3.63) is 97.7 Å². The first-order valence-corrected chi connectivity index (χ1v) is 10.8. The zero-order valence-corrected chi connectivity index (χ0v) is 19.6. The molecular weight excluding hydrogens is 527 g/mol. The number of hydrogen-bond donors (Lipinski definition) is 1. The lowest BCUT2D eigenvalue weighted by Crippen LogP contribution is -2.14. The predicted molar refractivity (Wildman–Crippen MR) is 126 cm³/mol. The van der Waals surface area contributed by atoms with E-state index in [1.165, 1.54) is 24.3 Å². The lowest BCUT2D eigenvalue weighted by atomic mass is 10.1. The lowest BCUT2D eigenvalue weighted by Gasteiger charge is -2.12. The average Bonchev–Trinajstić information content (AvgIpc) is 2.73. The number of carbonyl (C=O) groups excluding carboxylic acids is 1. The highest BCUT2D eigenvalue weighted by molar-refractivity contribution is 9.11. The van der Waals surface area contributed by atoms with Crippen LogP contribution in [-0.2, 0) is 11.4 Å². The average molecular weight is 544 g/mol. The second-order valence-corrected chi connectivity index (χ2v) is 8.40. The Morgan fingerprint density at radius 3 is 2.48 bits per heavy atom. The molecule has 0 unspecified atom stereocenters. The van der Waals surface area contributed by atoms with E-state index in [9.17, 15) is 14.4 Å². The van der Waals surface area contributed by atoms with E-state index >= 15 is 0 Å². The number of benzene rings is 3. The molecule has 0 saturated heterocycles. The van der Waals surface area contributed by atoms with Crippen molar-refractivity contribution >= 4 is 49.5 Å². The number of hydrogen-bond acceptors (Lipinski definition) is 3. The van der Waals surface area contributed by atoms with Gasteiger partial charge in [0.1, 0.15) is 29.8 Å². The van der Waals surface area contributed by atoms with Crippen LogP contribution in [0.15, 0.2) is 75.2 Å². The number of para-hydroxylation sites is 1. The molecule has 1 N–H and O–H groups in total. The van der Waals surface area contributed by atoms with E-state index in [4.69, 9.17) is 4.74 Å². The quantitative estimate of drug-likeness (QED) is 0.275. The number of nitrogens with one attached hydrogen (secondary N) is 1. The number of nitriles is 1. The predicted octanol–water partition coefficient (Wildman–Crippen LogP) is 6.78. The Morgan fingerprint density at radius 2 is 1.84 bits per heavy atom. The monoisotopic (exact) mass is 542 g/mol. The fourth-order valence-electron chi connectivity index (χ4n) is 2.83. The van der Waals surface area contributed by atoms with Crippen LogP contribution in [0.25, 0.3) is 6.08 Å². The molecule has 156 valence electrons. The van der Waals surface area contributed by atoms with Gasteiger partial charge in [0.15, 0.2) is 0 Å². The summed E-state index contributed by atoms with van der Waals surface area (Å²) in [5.74, 6) is -0.665. The first kappa shape index (κ1) is 22.7. The number of amides is 1. The Bertz CT molecular complexity index is 1180. The highest BCUT2D eigenvalue weighted by Gasteiger charge is 2.14. The molecule has 0 spiro atoms. The van der Waals surface area contributed by atoms with Gasteiger partial charge in [0.2, 0.25) is 0 Å². The van der Waals surface area contributed by atoms with Crippen molar-refractivity contribution in [2.45, 2.75) is 13.5 Å². The summed E-state index contributed by atoms with van der Waals surface area (Å²) in [4.78, 5) is 12.4. The SMILES string of the molecule is Cc1cccc(COc2c(Br)cc(/C=C(/C#N)C(=O)Nc3ccccc3F)cc2Br)c1. The number of carbonyl (C=O) groups is 1. The van der Waals surface area contributed by atoms with Crippen LogP contribution in [0.3, 0.4) is 0 Å². The second-order valence-electron chi connectivity index (χ2n) is 6.70. The molecule has 1 amide bonds. The molecule has 0 saturated carbocycles. The minimum Gasteiger partial charge on any atom is -0.487 e. The number of aryl methyl sites for hydroxylation is 1. The van der Waals surface area contributed by atoms with Crippen LogP contribution >= 0.6 is 31.9 Å². The third-order valence-corrected chi connectivity index (χ3v) is 5.46. The molecule has 0 radical (unpaired) electrons. The van der Waals surface area contributed by atoms with Gasteiger partial charge in [-0.2, -0.15) is 5.26 Å². The maximum Gasteiger partial charge on any atom is 0.266 e. The first-order chi connectivity index (χ1) is 14.9. The van der Waals surface area contributed by atoms with Gasteiger partial charge in [-0.3, -0.25) is 4.79 Å². The maximum atomic E-state index is 13.8. The largest absolute Gasteiger partial charge is 0.487 e. The lowest BCUT2D eigenvalue weighted by molar-refractivity contribution is -0.112. The van der Waals surface area contributed by atoms with Crippen LogP contribution in [0.5, 0.6) is 5.75 Å². The molecule has 31 heavy (non-hydrogen) atoms. The van der Waals surface area contributed by atoms with E-state index in [0.717, 1.165) is 11.1 Å². The number of rotatable bonds is 6. The second kappa shape index (κ2) is 10.4. The van der Waals surface area contributed by atoms with Crippen molar-refractivity contribution in [2.75, 3.05) is 5.32 Å². The molecule has 0 aliphatic heterocycles. The molecule has 0 atom stereocenters. The minimum atomic E-state index is -0.695. The van der Waals surface area contributed by atoms with E-state index in [-0.39, 0.29) is 11.3 Å². The van der Waals surface area contributed by atoms with Crippen molar-refractivity contribution in [2.24, 2.45) is 0 Å². The van der Waals surface area contributed by atoms with Crippen LogP contribution in [0, 0.1) is 24.1 Å². The number of halogens is 3. The third-order valence-electron chi connectivity index (χ3n) is 4.28. The molecule has 3 aromatic carbocycles. The van der Waals surface area contributed by atoms with Crippen molar-refractivity contribution in [1.29, 1.82) is 5.26 Å². The molecule has 0 aromatic heterocycles. The van der Waals surface area contributed by atoms with E-state index in [1.54, 1.807) is 18.2 Å². The van der Waals surface area contributed by atoms with Crippen LogP contribution in [0.2, 0.25) is 0 Å². The van der Waals surface area contributed by atoms with Crippen molar-refractivity contribution in [1.82, 2.24) is 0 Å². The highest BCUT2D eigenvalue weighted by atomic mass is 79.9. The molecule has 0 bridgehead atoms. The van der Waals surface area contributed by atoms with Gasteiger partial charge in [-0.25, -0.2) is 4.39 Å². The normalized spacial score (nSPS) is 11.0. The molecule has 0 aliphatic rings. The summed E-state index contributed by atoms with van der Waals surface area (Å²) < 4.78 is 21.0. The molecule has 0 heterocycles. The highest BCUT2D eigenvalue weighted by Crippen LogP contribution is 2.36. The summed E-state index contributed by atoms with van der Waals surface area (Å²) in [7, 11) is 0. The van der Waals surface area contributed by atoms with Gasteiger partial charge in [-0.1, -0.05) is 42.0 Å². The van der Waals surface area contributed by atoms with E-state index in [1.807, 2.05) is 37.3 Å². The number of anilines is 1. The molecule has 3 aromatic rings. The first-order valence-electron chi connectivity index (χ1n) is 9.22. The third kappa shape index (κ3) is 6.03. The Morgan fingerprint density at radius 1 is 1.13 bits per heavy atom. The summed E-state index contributed by atoms with van der Waals surface area (Å²) in [5.41, 5.74) is 2.64. The topological polar surface area (TPSA) is 62.1 Å². The zero-order valence-electron chi connectivity index (χ0n) is 16.5. The molecule has 7 heteroatoms. The van der Waals surface area contributed by atoms with Gasteiger partial charge in [0.25, 0.3) is 5.91 Å². The number of ether oxygens (including phenoxy) is 1. The summed E-state index contributed by atoms with van der Waals surface area (Å²) in [6.07, 6.45) is 1.43. The van der Waals surface area contributed by atoms with Gasteiger partial charge in [0.05, 0.1) is 14.6 Å². The minimum absolute atomic E-state index is 0.0101. The van der Waals surface area contributed by atoms with E-state index in [0.29, 0.717) is 26.9 Å². The molecule has 0 aliphatic carbocycles. The van der Waals surface area contributed by atoms with Gasteiger partial charge in [0, 0.05) is 0 Å². The van der Waals surface area contributed by atoms with Gasteiger partial charge in [-0.15, -0.1) is 0 Å². The number of nitrogens with zero attached hydrogens (tertiary/aromatic N) is 1. The fraction of sp³-hybridized carbons (Fsp3) is 0.0833. The van der Waals surface area contributed by atoms with Gasteiger partial charge < -0.3 is 10.1 Å². The summed E-state index contributed by atoms with van der Waals surface area (Å²) in [6, 6.07) is 19.1. The van der Waals surface area contributed by atoms with Gasteiger partial charge >= 0.3 is 0 Å². The molecule has 0 fully saturated rings. The van der Waals surface area contributed by atoms with Crippen molar-refractivity contribution in [3.8, 4) is 11.8 Å². The summed E-state index contributed by atoms with van der Waals surface area (Å²) >= 11 is 6.96. The van der Waals surface area contributed by atoms with Crippen LogP contribution < -0.4 is 10.1 Å². The Labute approximate surface area is 196 Å². The summed E-state index contributed by atoms with van der Waals surface area (Å²) in [5, 5.41) is 11.8. The van der Waals surface area contributed by atoms with Crippen LogP contribution in [-0.4, -0.2) is 5.91 Å². The Kier molecular flexibility index (Phi) is 7.61. The van der Waals surface area contributed by atoms with Crippen LogP contribution in [0.1, 0.15) is 16.7 Å². The smallest absolute Gasteiger partial charge is 0.266 e. The standard InChI is InChI=1S/C24H17Br2FN2O2/c1-15-5-4-6-16(9-15)14-31-23-19(25)11-17(12-20(23)26)10-18(13-28)24(30)29-22-8-3-2-7-21(22)27/h2-12H,14H2,1H3,(H,29,30)/b18-10-. The van der Waals surface area contributed by atoms with E-state index < -0.39 is 11.7 Å². The Hall–Kier alpha value is -2.95. The van der Waals surface area contributed by atoms with Gasteiger partial charge in [-0.05, 0) is 80.3 Å². The Balaban J connectivity index is 1.78.